The van der Waals surface area contributed by atoms with Crippen LogP contribution >= 0.6 is 11.6 Å². The predicted molar refractivity (Wildman–Crippen MR) is 81.4 cm³/mol. The van der Waals surface area contributed by atoms with Crippen LogP contribution in [0.4, 0.5) is 0 Å². The first kappa shape index (κ1) is 14.5. The molecule has 4 nitrogen and oxygen atoms in total. The number of likely N-dealkylation sites (tertiary alicyclic amines) is 1. The summed E-state index contributed by atoms with van der Waals surface area (Å²) < 4.78 is 11.2. The van der Waals surface area contributed by atoms with Crippen LogP contribution in [0.15, 0.2) is 18.2 Å². The summed E-state index contributed by atoms with van der Waals surface area (Å²) in [6, 6.07) is 5.51. The highest BCUT2D eigenvalue weighted by molar-refractivity contribution is 6.17. The molecule has 2 aliphatic rings. The molecular weight excluding hydrogens is 290 g/mol. The third-order valence-electron chi connectivity index (χ3n) is 4.12. The summed E-state index contributed by atoms with van der Waals surface area (Å²) in [5.74, 6) is 2.47. The summed E-state index contributed by atoms with van der Waals surface area (Å²) in [6.45, 7) is 2.62. The molecule has 1 fully saturated rings. The van der Waals surface area contributed by atoms with Crippen LogP contribution in [0.25, 0.3) is 0 Å². The number of nitrogens with zero attached hydrogens (tertiary/aromatic N) is 1. The van der Waals surface area contributed by atoms with E-state index >= 15 is 0 Å². The SMILES string of the molecule is O=C(c1cccc2c1OCCO2)N1CCCC(CCCl)C1. The number of hydrogen-bond donors (Lipinski definition) is 0. The van der Waals surface area contributed by atoms with Crippen molar-refractivity contribution < 1.29 is 14.3 Å². The lowest BCUT2D eigenvalue weighted by atomic mass is 9.95. The zero-order valence-corrected chi connectivity index (χ0v) is 12.8. The molecule has 0 N–H and O–H groups in total. The van der Waals surface area contributed by atoms with E-state index in [2.05, 4.69) is 0 Å². The van der Waals surface area contributed by atoms with E-state index in [-0.39, 0.29) is 5.91 Å². The molecule has 114 valence electrons. The molecule has 1 saturated heterocycles. The summed E-state index contributed by atoms with van der Waals surface area (Å²) in [7, 11) is 0. The van der Waals surface area contributed by atoms with Crippen LogP contribution in [0.5, 0.6) is 11.5 Å². The van der Waals surface area contributed by atoms with Crippen molar-refractivity contribution in [2.75, 3.05) is 32.2 Å². The van der Waals surface area contributed by atoms with E-state index in [1.54, 1.807) is 0 Å². The summed E-state index contributed by atoms with van der Waals surface area (Å²) in [5, 5.41) is 0. The van der Waals surface area contributed by atoms with Gasteiger partial charge in [0.1, 0.15) is 13.2 Å². The first-order valence-electron chi connectivity index (χ1n) is 7.53. The Kier molecular flexibility index (Phi) is 4.54. The Balaban J connectivity index is 1.79. The molecule has 1 aromatic carbocycles. The maximum absolute atomic E-state index is 12.8. The molecule has 5 heteroatoms. The second-order valence-corrected chi connectivity index (χ2v) is 5.94. The van der Waals surface area contributed by atoms with Crippen molar-refractivity contribution in [2.24, 2.45) is 5.92 Å². The number of carbonyl (C=O) groups excluding carboxylic acids is 1. The number of amides is 1. The van der Waals surface area contributed by atoms with Gasteiger partial charge in [-0.15, -0.1) is 11.6 Å². The number of benzene rings is 1. The number of piperidine rings is 1. The minimum atomic E-state index is 0.0385. The van der Waals surface area contributed by atoms with Gasteiger partial charge in [0.2, 0.25) is 0 Å². The second kappa shape index (κ2) is 6.56. The Labute approximate surface area is 130 Å². The zero-order chi connectivity index (χ0) is 14.7. The molecule has 0 aliphatic carbocycles. The van der Waals surface area contributed by atoms with Gasteiger partial charge in [0.15, 0.2) is 11.5 Å². The predicted octanol–water partition coefficient (Wildman–Crippen LogP) is 2.94. The number of halogens is 1. The minimum absolute atomic E-state index is 0.0385. The molecule has 1 unspecified atom stereocenters. The molecule has 0 radical (unpaired) electrons. The number of ether oxygens (including phenoxy) is 2. The molecule has 0 spiro atoms. The first-order chi connectivity index (χ1) is 10.3. The standard InChI is InChI=1S/C16H20ClNO3/c17-7-6-12-3-2-8-18(11-12)16(19)13-4-1-5-14-15(13)21-10-9-20-14/h1,4-5,12H,2-3,6-11H2. The molecule has 1 aromatic rings. The van der Waals surface area contributed by atoms with Crippen molar-refractivity contribution in [1.29, 1.82) is 0 Å². The smallest absolute Gasteiger partial charge is 0.257 e. The van der Waals surface area contributed by atoms with Crippen LogP contribution in [0.3, 0.4) is 0 Å². The van der Waals surface area contributed by atoms with Crippen molar-refractivity contribution in [2.45, 2.75) is 19.3 Å². The van der Waals surface area contributed by atoms with Gasteiger partial charge in [-0.2, -0.15) is 0 Å². The Morgan fingerprint density at radius 1 is 1.33 bits per heavy atom. The third kappa shape index (κ3) is 3.10. The second-order valence-electron chi connectivity index (χ2n) is 5.57. The number of carbonyl (C=O) groups is 1. The highest BCUT2D eigenvalue weighted by atomic mass is 35.5. The summed E-state index contributed by atoms with van der Waals surface area (Å²) in [5.41, 5.74) is 0.610. The largest absolute Gasteiger partial charge is 0.486 e. The number of fused-ring (bicyclic) bond motifs is 1. The lowest BCUT2D eigenvalue weighted by Crippen LogP contribution is -2.40. The Hall–Kier alpha value is -1.42. The normalized spacial score (nSPS) is 21.2. The average molecular weight is 310 g/mol. The van der Waals surface area contributed by atoms with E-state index in [0.717, 1.165) is 32.4 Å². The average Bonchev–Trinajstić information content (AvgIpc) is 2.54. The van der Waals surface area contributed by atoms with E-state index in [1.807, 2.05) is 23.1 Å². The molecule has 0 saturated carbocycles. The number of alkyl halides is 1. The number of para-hydroxylation sites is 1. The van der Waals surface area contributed by atoms with Gasteiger partial charge >= 0.3 is 0 Å². The Morgan fingerprint density at radius 3 is 3.05 bits per heavy atom. The first-order valence-corrected chi connectivity index (χ1v) is 8.07. The van der Waals surface area contributed by atoms with Crippen LogP contribution in [0.1, 0.15) is 29.6 Å². The van der Waals surface area contributed by atoms with Crippen molar-refractivity contribution in [3.05, 3.63) is 23.8 Å². The van der Waals surface area contributed by atoms with Crippen molar-refractivity contribution in [3.8, 4) is 11.5 Å². The highest BCUT2D eigenvalue weighted by Crippen LogP contribution is 2.35. The molecule has 3 rings (SSSR count). The molecule has 1 amide bonds. The fourth-order valence-electron chi connectivity index (χ4n) is 3.05. The van der Waals surface area contributed by atoms with Gasteiger partial charge in [-0.25, -0.2) is 0 Å². The van der Waals surface area contributed by atoms with E-state index in [1.165, 1.54) is 0 Å². The zero-order valence-electron chi connectivity index (χ0n) is 12.0. The quantitative estimate of drug-likeness (QED) is 0.806. The van der Waals surface area contributed by atoms with Gasteiger partial charge in [-0.05, 0) is 37.3 Å². The van der Waals surface area contributed by atoms with Gasteiger partial charge in [-0.3, -0.25) is 4.79 Å². The third-order valence-corrected chi connectivity index (χ3v) is 4.34. The molecule has 1 atom stereocenters. The number of hydrogen-bond acceptors (Lipinski definition) is 3. The summed E-state index contributed by atoms with van der Waals surface area (Å²) in [6.07, 6.45) is 3.17. The van der Waals surface area contributed by atoms with Crippen LogP contribution in [-0.4, -0.2) is 43.0 Å². The lowest BCUT2D eigenvalue weighted by molar-refractivity contribution is 0.0662. The van der Waals surface area contributed by atoms with Crippen molar-refractivity contribution in [1.82, 2.24) is 4.90 Å². The lowest BCUT2D eigenvalue weighted by Gasteiger charge is -2.33. The van der Waals surface area contributed by atoms with Crippen LogP contribution < -0.4 is 9.47 Å². The Bertz CT molecular complexity index is 518. The highest BCUT2D eigenvalue weighted by Gasteiger charge is 2.28. The maximum atomic E-state index is 12.8. The van der Waals surface area contributed by atoms with E-state index < -0.39 is 0 Å². The van der Waals surface area contributed by atoms with Crippen LogP contribution in [-0.2, 0) is 0 Å². The molecular formula is C16H20ClNO3. The van der Waals surface area contributed by atoms with Crippen LogP contribution in [0.2, 0.25) is 0 Å². The van der Waals surface area contributed by atoms with Gasteiger partial charge in [0.05, 0.1) is 5.56 Å². The van der Waals surface area contributed by atoms with Crippen molar-refractivity contribution >= 4 is 17.5 Å². The summed E-state index contributed by atoms with van der Waals surface area (Å²) >= 11 is 5.83. The van der Waals surface area contributed by atoms with Gasteiger partial charge < -0.3 is 14.4 Å². The van der Waals surface area contributed by atoms with E-state index in [4.69, 9.17) is 21.1 Å². The molecule has 0 aromatic heterocycles. The van der Waals surface area contributed by atoms with Crippen molar-refractivity contribution in [3.63, 3.8) is 0 Å². The van der Waals surface area contributed by atoms with Crippen LogP contribution in [0, 0.1) is 5.92 Å². The topological polar surface area (TPSA) is 38.8 Å². The molecule has 2 heterocycles. The van der Waals surface area contributed by atoms with E-state index in [9.17, 15) is 4.79 Å². The van der Waals surface area contributed by atoms with E-state index in [0.29, 0.717) is 42.1 Å². The number of rotatable bonds is 3. The molecule has 0 bridgehead atoms. The minimum Gasteiger partial charge on any atom is -0.486 e. The molecule has 21 heavy (non-hydrogen) atoms. The van der Waals surface area contributed by atoms with Gasteiger partial charge in [-0.1, -0.05) is 6.07 Å². The Morgan fingerprint density at radius 2 is 2.19 bits per heavy atom. The van der Waals surface area contributed by atoms with Gasteiger partial charge in [0.25, 0.3) is 5.91 Å². The summed E-state index contributed by atoms with van der Waals surface area (Å²) in [4.78, 5) is 14.7. The van der Waals surface area contributed by atoms with Gasteiger partial charge in [0, 0.05) is 19.0 Å². The monoisotopic (exact) mass is 309 g/mol. The fourth-order valence-corrected chi connectivity index (χ4v) is 3.36. The maximum Gasteiger partial charge on any atom is 0.257 e. The fraction of sp³-hybridized carbons (Fsp3) is 0.562. The molecule has 2 aliphatic heterocycles.